The van der Waals surface area contributed by atoms with Gasteiger partial charge in [0.05, 0.1) is 0 Å². The van der Waals surface area contributed by atoms with E-state index in [1.807, 2.05) is 12.1 Å². The molecule has 0 saturated carbocycles. The third-order valence-electron chi connectivity index (χ3n) is 2.49. The molecule has 1 unspecified atom stereocenters. The van der Waals surface area contributed by atoms with Crippen LogP contribution in [0, 0.1) is 0 Å². The largest absolute Gasteiger partial charge is 0.316 e. The molecule has 1 aromatic carbocycles. The first kappa shape index (κ1) is 11.7. The lowest BCUT2D eigenvalue weighted by Gasteiger charge is -2.12. The van der Waals surface area contributed by atoms with Crippen molar-refractivity contribution in [1.29, 1.82) is 0 Å². The van der Waals surface area contributed by atoms with Gasteiger partial charge in [0.1, 0.15) is 0 Å². The van der Waals surface area contributed by atoms with Crippen LogP contribution in [0.25, 0.3) is 0 Å². The Hall–Kier alpha value is -0.380. The first-order valence-corrected chi connectivity index (χ1v) is 5.63. The fraction of sp³-hybridized carbons (Fsp3) is 0.455. The van der Waals surface area contributed by atoms with E-state index < -0.39 is 0 Å². The third kappa shape index (κ3) is 2.80. The zero-order valence-electron chi connectivity index (χ0n) is 8.55. The highest BCUT2D eigenvalue weighted by Crippen LogP contribution is 2.27. The Kier molecular flexibility index (Phi) is 4.58. The van der Waals surface area contributed by atoms with Crippen LogP contribution in [0.1, 0.15) is 37.3 Å². The molecule has 78 valence electrons. The number of nitrogens with one attached hydrogen (secondary N) is 1. The molecule has 2 N–H and O–H groups in total. The van der Waals surface area contributed by atoms with Crippen molar-refractivity contribution in [3.05, 3.63) is 33.8 Å². The van der Waals surface area contributed by atoms with Crippen molar-refractivity contribution in [2.75, 3.05) is 0 Å². The second kappa shape index (κ2) is 5.49. The van der Waals surface area contributed by atoms with Gasteiger partial charge >= 0.3 is 0 Å². The average Bonchev–Trinajstić information content (AvgIpc) is 2.17. The molecule has 0 bridgehead atoms. The van der Waals surface area contributed by atoms with Gasteiger partial charge in [0, 0.05) is 11.0 Å². The van der Waals surface area contributed by atoms with Crippen molar-refractivity contribution in [2.24, 2.45) is 0 Å². The highest BCUT2D eigenvalue weighted by molar-refractivity contribution is 9.10. The summed E-state index contributed by atoms with van der Waals surface area (Å²) < 4.78 is 1.12. The van der Waals surface area contributed by atoms with Crippen LogP contribution in [-0.4, -0.2) is 5.21 Å². The van der Waals surface area contributed by atoms with Gasteiger partial charge in [0.15, 0.2) is 0 Å². The first-order valence-electron chi connectivity index (χ1n) is 4.84. The van der Waals surface area contributed by atoms with E-state index in [0.717, 1.165) is 16.5 Å². The summed E-state index contributed by atoms with van der Waals surface area (Å²) in [6, 6.07) is 6.20. The third-order valence-corrected chi connectivity index (χ3v) is 3.18. The van der Waals surface area contributed by atoms with E-state index in [4.69, 9.17) is 5.21 Å². The van der Waals surface area contributed by atoms with E-state index in [0.29, 0.717) is 12.5 Å². The van der Waals surface area contributed by atoms with Crippen molar-refractivity contribution in [3.8, 4) is 0 Å². The lowest BCUT2D eigenvalue weighted by Crippen LogP contribution is -2.06. The van der Waals surface area contributed by atoms with Crippen LogP contribution in [0.3, 0.4) is 0 Å². The van der Waals surface area contributed by atoms with E-state index in [1.54, 1.807) is 0 Å². The van der Waals surface area contributed by atoms with Crippen molar-refractivity contribution >= 4 is 15.9 Å². The van der Waals surface area contributed by atoms with E-state index >= 15 is 0 Å². The summed E-state index contributed by atoms with van der Waals surface area (Å²) in [6.45, 7) is 4.88. The highest BCUT2D eigenvalue weighted by Gasteiger charge is 2.07. The molecule has 0 saturated heterocycles. The molecule has 0 amide bonds. The summed E-state index contributed by atoms with van der Waals surface area (Å²) in [6.07, 6.45) is 1.14. The summed E-state index contributed by atoms with van der Waals surface area (Å²) in [7, 11) is 0. The van der Waals surface area contributed by atoms with Gasteiger partial charge in [-0.1, -0.05) is 41.9 Å². The number of hydrogen-bond donors (Lipinski definition) is 2. The monoisotopic (exact) mass is 257 g/mol. The molecule has 3 heteroatoms. The Morgan fingerprint density at radius 3 is 2.71 bits per heavy atom. The topological polar surface area (TPSA) is 32.3 Å². The minimum absolute atomic E-state index is 0.486. The van der Waals surface area contributed by atoms with Crippen LogP contribution in [0.5, 0.6) is 0 Å². The van der Waals surface area contributed by atoms with E-state index in [-0.39, 0.29) is 0 Å². The predicted octanol–water partition coefficient (Wildman–Crippen LogP) is 3.44. The second-order valence-electron chi connectivity index (χ2n) is 3.50. The van der Waals surface area contributed by atoms with Crippen molar-refractivity contribution in [3.63, 3.8) is 0 Å². The van der Waals surface area contributed by atoms with Crippen LogP contribution >= 0.6 is 15.9 Å². The molecule has 1 rings (SSSR count). The molecule has 1 aromatic rings. The normalized spacial score (nSPS) is 12.9. The summed E-state index contributed by atoms with van der Waals surface area (Å²) in [4.78, 5) is 0. The molecule has 0 heterocycles. The van der Waals surface area contributed by atoms with Gasteiger partial charge in [0.25, 0.3) is 0 Å². The molecule has 14 heavy (non-hydrogen) atoms. The van der Waals surface area contributed by atoms with Gasteiger partial charge in [-0.15, -0.1) is 0 Å². The lowest BCUT2D eigenvalue weighted by atomic mass is 9.98. The molecule has 0 aliphatic rings. The lowest BCUT2D eigenvalue weighted by molar-refractivity contribution is 0.161. The molecule has 0 aromatic heterocycles. The molecule has 2 nitrogen and oxygen atoms in total. The highest BCUT2D eigenvalue weighted by atomic mass is 79.9. The molecule has 1 atom stereocenters. The zero-order valence-corrected chi connectivity index (χ0v) is 10.1. The predicted molar refractivity (Wildman–Crippen MR) is 61.5 cm³/mol. The Morgan fingerprint density at radius 1 is 1.50 bits per heavy atom. The van der Waals surface area contributed by atoms with E-state index in [1.165, 1.54) is 5.56 Å². The Morgan fingerprint density at radius 2 is 2.21 bits per heavy atom. The number of benzene rings is 1. The fourth-order valence-corrected chi connectivity index (χ4v) is 2.21. The SMILES string of the molecule is CCC(C)c1ccc(CNO)cc1Br. The van der Waals surface area contributed by atoms with Crippen molar-refractivity contribution < 1.29 is 5.21 Å². The smallest absolute Gasteiger partial charge is 0.0458 e. The van der Waals surface area contributed by atoms with Gasteiger partial charge in [-0.05, 0) is 29.5 Å². The summed E-state index contributed by atoms with van der Waals surface area (Å²) >= 11 is 3.55. The summed E-state index contributed by atoms with van der Waals surface area (Å²) in [5.74, 6) is 0.570. The molecule has 0 radical (unpaired) electrons. The van der Waals surface area contributed by atoms with Gasteiger partial charge < -0.3 is 5.21 Å². The van der Waals surface area contributed by atoms with Gasteiger partial charge in [0.2, 0.25) is 0 Å². The Labute approximate surface area is 93.4 Å². The van der Waals surface area contributed by atoms with Crippen LogP contribution in [0.4, 0.5) is 0 Å². The van der Waals surface area contributed by atoms with Crippen LogP contribution in [0.2, 0.25) is 0 Å². The molecular weight excluding hydrogens is 242 g/mol. The molecule has 0 fully saturated rings. The number of hydroxylamine groups is 1. The Balaban J connectivity index is 2.89. The minimum atomic E-state index is 0.486. The average molecular weight is 258 g/mol. The Bertz CT molecular complexity index is 301. The number of rotatable bonds is 4. The maximum atomic E-state index is 8.57. The molecule has 0 aliphatic heterocycles. The van der Waals surface area contributed by atoms with Crippen molar-refractivity contribution in [2.45, 2.75) is 32.7 Å². The van der Waals surface area contributed by atoms with Gasteiger partial charge in [-0.25, -0.2) is 5.48 Å². The van der Waals surface area contributed by atoms with Gasteiger partial charge in [-0.2, -0.15) is 0 Å². The van der Waals surface area contributed by atoms with Crippen LogP contribution in [-0.2, 0) is 6.54 Å². The maximum absolute atomic E-state index is 8.57. The first-order chi connectivity index (χ1) is 6.69. The second-order valence-corrected chi connectivity index (χ2v) is 4.35. The molecule has 0 aliphatic carbocycles. The molecular formula is C11H16BrNO. The minimum Gasteiger partial charge on any atom is -0.316 e. The quantitative estimate of drug-likeness (QED) is 0.811. The zero-order chi connectivity index (χ0) is 10.6. The van der Waals surface area contributed by atoms with Crippen LogP contribution < -0.4 is 5.48 Å². The standard InChI is InChI=1S/C11H16BrNO/c1-3-8(2)10-5-4-9(7-13-14)6-11(10)12/h4-6,8,13-14H,3,7H2,1-2H3. The van der Waals surface area contributed by atoms with Gasteiger partial charge in [-0.3, -0.25) is 0 Å². The summed E-state index contributed by atoms with van der Waals surface area (Å²) in [5.41, 5.74) is 4.56. The number of halogens is 1. The van der Waals surface area contributed by atoms with E-state index in [9.17, 15) is 0 Å². The van der Waals surface area contributed by atoms with E-state index in [2.05, 4.69) is 41.3 Å². The van der Waals surface area contributed by atoms with Crippen LogP contribution in [0.15, 0.2) is 22.7 Å². The maximum Gasteiger partial charge on any atom is 0.0458 e. The summed E-state index contributed by atoms with van der Waals surface area (Å²) in [5, 5.41) is 8.57. The molecule has 0 spiro atoms. The fourth-order valence-electron chi connectivity index (χ4n) is 1.39. The van der Waals surface area contributed by atoms with Crippen molar-refractivity contribution in [1.82, 2.24) is 5.48 Å². The number of hydrogen-bond acceptors (Lipinski definition) is 2.